The number of rotatable bonds is 8. The van der Waals surface area contributed by atoms with Gasteiger partial charge in [0, 0.05) is 23.1 Å². The third kappa shape index (κ3) is 5.88. The molecule has 0 fully saturated rings. The average Bonchev–Trinajstić information content (AvgIpc) is 3.31. The van der Waals surface area contributed by atoms with Crippen molar-refractivity contribution < 1.29 is 14.3 Å². The number of hydrogen-bond acceptors (Lipinski definition) is 6. The quantitative estimate of drug-likeness (QED) is 0.556. The van der Waals surface area contributed by atoms with Gasteiger partial charge in [0.2, 0.25) is 11.8 Å². The van der Waals surface area contributed by atoms with Crippen LogP contribution in [0.25, 0.3) is 10.6 Å². The molecule has 0 aliphatic heterocycles. The molecule has 0 spiro atoms. The van der Waals surface area contributed by atoms with Crippen LogP contribution in [0.1, 0.15) is 28.7 Å². The normalized spacial score (nSPS) is 10.6. The lowest BCUT2D eigenvalue weighted by Gasteiger charge is -2.04. The van der Waals surface area contributed by atoms with E-state index in [2.05, 4.69) is 15.6 Å². The maximum absolute atomic E-state index is 12.3. The maximum Gasteiger partial charge on any atom is 0.226 e. The molecule has 3 rings (SSSR count). The first-order valence-corrected chi connectivity index (χ1v) is 10.8. The molecule has 2 N–H and O–H groups in total. The lowest BCUT2D eigenvalue weighted by atomic mass is 10.1. The molecule has 0 unspecified atom stereocenters. The van der Waals surface area contributed by atoms with Gasteiger partial charge in [-0.2, -0.15) is 0 Å². The molecular formula is C21H23N3O3S2. The van der Waals surface area contributed by atoms with Gasteiger partial charge < -0.3 is 15.4 Å². The number of carbonyl (C=O) groups is 2. The van der Waals surface area contributed by atoms with Crippen LogP contribution >= 0.6 is 22.7 Å². The number of nitrogens with zero attached hydrogens (tertiary/aromatic N) is 1. The zero-order chi connectivity index (χ0) is 20.8. The molecule has 0 aliphatic carbocycles. The third-order valence-corrected chi connectivity index (χ3v) is 6.20. The van der Waals surface area contributed by atoms with E-state index in [9.17, 15) is 9.59 Å². The van der Waals surface area contributed by atoms with Gasteiger partial charge in [0.15, 0.2) is 5.13 Å². The lowest BCUT2D eigenvalue weighted by Crippen LogP contribution is -2.17. The summed E-state index contributed by atoms with van der Waals surface area (Å²) < 4.78 is 5.22. The highest BCUT2D eigenvalue weighted by atomic mass is 32.1. The van der Waals surface area contributed by atoms with Gasteiger partial charge in [0.25, 0.3) is 0 Å². The van der Waals surface area contributed by atoms with Crippen LogP contribution < -0.4 is 15.4 Å². The second-order valence-electron chi connectivity index (χ2n) is 6.50. The molecule has 1 aromatic carbocycles. The number of carbonyl (C=O) groups excluding carboxylic acids is 2. The lowest BCUT2D eigenvalue weighted by molar-refractivity contribution is -0.119. The highest BCUT2D eigenvalue weighted by Crippen LogP contribution is 2.34. The Labute approximate surface area is 178 Å². The number of ether oxygens (including phenoxy) is 1. The van der Waals surface area contributed by atoms with Crippen molar-refractivity contribution in [1.82, 2.24) is 10.3 Å². The summed E-state index contributed by atoms with van der Waals surface area (Å²) in [7, 11) is 1.63. The first-order valence-electron chi connectivity index (χ1n) is 9.18. The fourth-order valence-corrected chi connectivity index (χ4v) is 4.66. The average molecular weight is 430 g/mol. The van der Waals surface area contributed by atoms with Crippen LogP contribution in [0.4, 0.5) is 5.13 Å². The number of amides is 2. The Hall–Kier alpha value is -2.71. The summed E-state index contributed by atoms with van der Waals surface area (Å²) in [5, 5.41) is 6.30. The number of aryl methyl sites for hydroxylation is 2. The number of nitrogens with one attached hydrogen (secondary N) is 2. The van der Waals surface area contributed by atoms with E-state index in [0.717, 1.165) is 31.6 Å². The number of anilines is 1. The van der Waals surface area contributed by atoms with Crippen molar-refractivity contribution in [3.05, 3.63) is 51.7 Å². The van der Waals surface area contributed by atoms with E-state index in [-0.39, 0.29) is 11.8 Å². The van der Waals surface area contributed by atoms with Gasteiger partial charge in [-0.1, -0.05) is 12.1 Å². The Morgan fingerprint density at radius 2 is 2.00 bits per heavy atom. The van der Waals surface area contributed by atoms with Gasteiger partial charge in [-0.25, -0.2) is 4.98 Å². The molecule has 0 saturated heterocycles. The summed E-state index contributed by atoms with van der Waals surface area (Å²) in [6.45, 7) is 4.01. The summed E-state index contributed by atoms with van der Waals surface area (Å²) in [4.78, 5) is 31.1. The summed E-state index contributed by atoms with van der Waals surface area (Å²) in [6.07, 6.45) is 1.01. The third-order valence-electron chi connectivity index (χ3n) is 4.22. The summed E-state index contributed by atoms with van der Waals surface area (Å²) >= 11 is 3.06. The van der Waals surface area contributed by atoms with Gasteiger partial charge in [0.1, 0.15) is 5.75 Å². The molecule has 0 radical (unpaired) electrons. The highest BCUT2D eigenvalue weighted by Gasteiger charge is 2.14. The number of methoxy groups -OCH3 is 1. The smallest absolute Gasteiger partial charge is 0.226 e. The number of thiazole rings is 1. The van der Waals surface area contributed by atoms with E-state index in [1.54, 1.807) is 18.4 Å². The van der Waals surface area contributed by atoms with Gasteiger partial charge in [-0.05, 0) is 43.2 Å². The predicted octanol–water partition coefficient (Wildman–Crippen LogP) is 4.40. The Morgan fingerprint density at radius 3 is 2.76 bits per heavy atom. The van der Waals surface area contributed by atoms with Gasteiger partial charge in [-0.3, -0.25) is 9.59 Å². The minimum absolute atomic E-state index is 0.0521. The van der Waals surface area contributed by atoms with E-state index >= 15 is 0 Å². The van der Waals surface area contributed by atoms with Crippen LogP contribution in [0, 0.1) is 6.92 Å². The molecule has 0 atom stereocenters. The van der Waals surface area contributed by atoms with Crippen LogP contribution in [0.2, 0.25) is 0 Å². The number of hydrogen-bond donors (Lipinski definition) is 2. The van der Waals surface area contributed by atoms with Crippen LogP contribution in [-0.2, 0) is 22.6 Å². The first kappa shape index (κ1) is 21.0. The molecule has 6 nitrogen and oxygen atoms in total. The Balaban J connectivity index is 1.59. The molecular weight excluding hydrogens is 406 g/mol. The molecule has 8 heteroatoms. The predicted molar refractivity (Wildman–Crippen MR) is 118 cm³/mol. The van der Waals surface area contributed by atoms with E-state index < -0.39 is 0 Å². The largest absolute Gasteiger partial charge is 0.497 e. The number of benzene rings is 1. The van der Waals surface area contributed by atoms with Crippen LogP contribution in [0.3, 0.4) is 0 Å². The van der Waals surface area contributed by atoms with Gasteiger partial charge >= 0.3 is 0 Å². The zero-order valence-corrected chi connectivity index (χ0v) is 18.2. The topological polar surface area (TPSA) is 80.3 Å². The van der Waals surface area contributed by atoms with E-state index in [0.29, 0.717) is 24.5 Å². The van der Waals surface area contributed by atoms with Gasteiger partial charge in [0.05, 0.1) is 24.2 Å². The van der Waals surface area contributed by atoms with Crippen LogP contribution in [-0.4, -0.2) is 23.9 Å². The Bertz CT molecular complexity index is 1010. The van der Waals surface area contributed by atoms with E-state index in [4.69, 9.17) is 4.74 Å². The van der Waals surface area contributed by atoms with Crippen molar-refractivity contribution in [2.24, 2.45) is 0 Å². The molecule has 0 bridgehead atoms. The summed E-state index contributed by atoms with van der Waals surface area (Å²) in [5.41, 5.74) is 1.93. The molecule has 3 aromatic rings. The van der Waals surface area contributed by atoms with Gasteiger partial charge in [-0.15, -0.1) is 22.7 Å². The van der Waals surface area contributed by atoms with Crippen LogP contribution in [0.15, 0.2) is 36.4 Å². The highest BCUT2D eigenvalue weighted by molar-refractivity contribution is 7.18. The molecule has 152 valence electrons. The molecule has 0 aliphatic rings. The van der Waals surface area contributed by atoms with Crippen molar-refractivity contribution in [3.8, 4) is 16.3 Å². The van der Waals surface area contributed by atoms with Crippen molar-refractivity contribution in [2.75, 3.05) is 12.4 Å². The van der Waals surface area contributed by atoms with Crippen molar-refractivity contribution in [3.63, 3.8) is 0 Å². The van der Waals surface area contributed by atoms with Crippen molar-refractivity contribution >= 4 is 39.6 Å². The Morgan fingerprint density at radius 1 is 1.17 bits per heavy atom. The maximum atomic E-state index is 12.3. The second kappa shape index (κ2) is 9.67. The molecule has 29 heavy (non-hydrogen) atoms. The van der Waals surface area contributed by atoms with E-state index in [1.165, 1.54) is 18.3 Å². The standard InChI is InChI=1S/C21H23N3O3S2/c1-13-20(18-9-8-17(29-18)12-22-14(2)25)24-21(28-13)23-19(26)10-7-15-5-4-6-16(11-15)27-3/h4-6,8-9,11H,7,10,12H2,1-3H3,(H,22,25)(H,23,24,26). The second-order valence-corrected chi connectivity index (χ2v) is 8.87. The molecule has 0 saturated carbocycles. The van der Waals surface area contributed by atoms with Crippen LogP contribution in [0.5, 0.6) is 5.75 Å². The minimum atomic E-state index is -0.0642. The minimum Gasteiger partial charge on any atom is -0.497 e. The molecule has 2 aromatic heterocycles. The fourth-order valence-electron chi connectivity index (χ4n) is 2.76. The summed E-state index contributed by atoms with van der Waals surface area (Å²) in [5.74, 6) is 0.672. The SMILES string of the molecule is COc1cccc(CCC(=O)Nc2nc(-c3ccc(CNC(C)=O)s3)c(C)s2)c1. The molecule has 2 heterocycles. The van der Waals surface area contributed by atoms with Crippen molar-refractivity contribution in [2.45, 2.75) is 33.2 Å². The summed E-state index contributed by atoms with van der Waals surface area (Å²) in [6, 6.07) is 11.7. The number of aromatic nitrogens is 1. The van der Waals surface area contributed by atoms with E-state index in [1.807, 2.05) is 43.3 Å². The first-order chi connectivity index (χ1) is 13.9. The Kier molecular flexibility index (Phi) is 7.00. The van der Waals surface area contributed by atoms with Crippen molar-refractivity contribution in [1.29, 1.82) is 0 Å². The molecule has 2 amide bonds. The number of thiophene rings is 1. The monoisotopic (exact) mass is 429 g/mol. The fraction of sp³-hybridized carbons (Fsp3) is 0.286. The zero-order valence-electron chi connectivity index (χ0n) is 16.6.